The van der Waals surface area contributed by atoms with Gasteiger partial charge in [0.1, 0.15) is 0 Å². The van der Waals surface area contributed by atoms with Gasteiger partial charge in [-0.05, 0) is 32.7 Å². The van der Waals surface area contributed by atoms with Crippen LogP contribution in [0, 0.1) is 5.92 Å². The highest BCUT2D eigenvalue weighted by atomic mass is 16.5. The summed E-state index contributed by atoms with van der Waals surface area (Å²) in [7, 11) is 2.11. The number of nitrogens with one attached hydrogen (secondary N) is 1. The van der Waals surface area contributed by atoms with Gasteiger partial charge in [0.15, 0.2) is 0 Å². The van der Waals surface area contributed by atoms with Crippen LogP contribution in [0.15, 0.2) is 0 Å². The SMILES string of the molecule is CCOC1(C(NC)C2CCCCC2)CCOCC1. The summed E-state index contributed by atoms with van der Waals surface area (Å²) in [6.07, 6.45) is 9.01. The molecule has 1 N–H and O–H groups in total. The van der Waals surface area contributed by atoms with Gasteiger partial charge in [-0.15, -0.1) is 0 Å². The molecule has 0 spiro atoms. The second-order valence-electron chi connectivity index (χ2n) is 5.77. The molecular formula is C15H29NO2. The maximum atomic E-state index is 6.23. The molecule has 1 atom stereocenters. The third-order valence-corrected chi connectivity index (χ3v) is 4.77. The van der Waals surface area contributed by atoms with E-state index >= 15 is 0 Å². The largest absolute Gasteiger partial charge is 0.381 e. The van der Waals surface area contributed by atoms with Crippen molar-refractivity contribution in [2.24, 2.45) is 5.92 Å². The van der Waals surface area contributed by atoms with Crippen LogP contribution >= 0.6 is 0 Å². The molecule has 106 valence electrons. The molecule has 1 aliphatic heterocycles. The van der Waals surface area contributed by atoms with Crippen LogP contribution in [-0.4, -0.2) is 38.5 Å². The summed E-state index contributed by atoms with van der Waals surface area (Å²) in [6, 6.07) is 0.502. The topological polar surface area (TPSA) is 30.5 Å². The highest BCUT2D eigenvalue weighted by Crippen LogP contribution is 2.37. The van der Waals surface area contributed by atoms with Crippen LogP contribution in [0.2, 0.25) is 0 Å². The first-order valence-corrected chi connectivity index (χ1v) is 7.71. The fourth-order valence-electron chi connectivity index (χ4n) is 3.95. The molecule has 1 heterocycles. The lowest BCUT2D eigenvalue weighted by atomic mass is 9.73. The lowest BCUT2D eigenvalue weighted by Crippen LogP contribution is -2.58. The fraction of sp³-hybridized carbons (Fsp3) is 1.00. The number of rotatable bonds is 5. The predicted molar refractivity (Wildman–Crippen MR) is 73.8 cm³/mol. The lowest BCUT2D eigenvalue weighted by Gasteiger charge is -2.47. The second-order valence-corrected chi connectivity index (χ2v) is 5.77. The highest BCUT2D eigenvalue weighted by molar-refractivity contribution is 4.98. The van der Waals surface area contributed by atoms with Gasteiger partial charge in [0, 0.05) is 38.7 Å². The average molecular weight is 255 g/mol. The molecule has 2 fully saturated rings. The first kappa shape index (κ1) is 14.3. The van der Waals surface area contributed by atoms with E-state index in [4.69, 9.17) is 9.47 Å². The van der Waals surface area contributed by atoms with Gasteiger partial charge in [-0.2, -0.15) is 0 Å². The van der Waals surface area contributed by atoms with Gasteiger partial charge < -0.3 is 14.8 Å². The van der Waals surface area contributed by atoms with Gasteiger partial charge >= 0.3 is 0 Å². The van der Waals surface area contributed by atoms with Gasteiger partial charge in [0.05, 0.1) is 5.60 Å². The fourth-order valence-corrected chi connectivity index (χ4v) is 3.95. The van der Waals surface area contributed by atoms with Crippen LogP contribution in [0.4, 0.5) is 0 Å². The van der Waals surface area contributed by atoms with Gasteiger partial charge in [0.2, 0.25) is 0 Å². The van der Waals surface area contributed by atoms with Crippen LogP contribution in [0.25, 0.3) is 0 Å². The summed E-state index contributed by atoms with van der Waals surface area (Å²) < 4.78 is 11.8. The van der Waals surface area contributed by atoms with Crippen molar-refractivity contribution < 1.29 is 9.47 Å². The van der Waals surface area contributed by atoms with Gasteiger partial charge in [-0.1, -0.05) is 19.3 Å². The molecule has 3 nitrogen and oxygen atoms in total. The number of likely N-dealkylation sites (N-methyl/N-ethyl adjacent to an activating group) is 1. The Bertz CT molecular complexity index is 227. The van der Waals surface area contributed by atoms with E-state index in [0.29, 0.717) is 6.04 Å². The summed E-state index contributed by atoms with van der Waals surface area (Å²) in [5.41, 5.74) is 0.0176. The van der Waals surface area contributed by atoms with E-state index in [0.717, 1.165) is 38.6 Å². The maximum Gasteiger partial charge on any atom is 0.0880 e. The first-order valence-electron chi connectivity index (χ1n) is 7.71. The van der Waals surface area contributed by atoms with Gasteiger partial charge in [-0.3, -0.25) is 0 Å². The Kier molecular flexibility index (Phi) is 5.46. The second kappa shape index (κ2) is 6.88. The zero-order valence-electron chi connectivity index (χ0n) is 12.0. The van der Waals surface area contributed by atoms with E-state index in [1.807, 2.05) is 0 Å². The third kappa shape index (κ3) is 3.06. The number of ether oxygens (including phenoxy) is 2. The molecule has 2 aliphatic rings. The van der Waals surface area contributed by atoms with Crippen molar-refractivity contribution in [1.29, 1.82) is 0 Å². The quantitative estimate of drug-likeness (QED) is 0.819. The Morgan fingerprint density at radius 1 is 1.22 bits per heavy atom. The normalized spacial score (nSPS) is 27.0. The number of hydrogen-bond acceptors (Lipinski definition) is 3. The van der Waals surface area contributed by atoms with Gasteiger partial charge in [0.25, 0.3) is 0 Å². The van der Waals surface area contributed by atoms with Crippen LogP contribution in [0.3, 0.4) is 0 Å². The zero-order chi connectivity index (χ0) is 12.8. The zero-order valence-corrected chi connectivity index (χ0v) is 12.0. The molecule has 0 aromatic heterocycles. The Morgan fingerprint density at radius 2 is 1.89 bits per heavy atom. The molecule has 18 heavy (non-hydrogen) atoms. The molecule has 0 radical (unpaired) electrons. The van der Waals surface area contributed by atoms with E-state index in [-0.39, 0.29) is 5.60 Å². The molecular weight excluding hydrogens is 226 g/mol. The van der Waals surface area contributed by atoms with Crippen LogP contribution < -0.4 is 5.32 Å². The summed E-state index contributed by atoms with van der Waals surface area (Å²) in [5, 5.41) is 3.59. The van der Waals surface area contributed by atoms with Crippen molar-refractivity contribution in [3.8, 4) is 0 Å². The molecule has 0 aromatic rings. The van der Waals surface area contributed by atoms with E-state index in [9.17, 15) is 0 Å². The summed E-state index contributed by atoms with van der Waals surface area (Å²) in [6.45, 7) is 4.63. The number of hydrogen-bond donors (Lipinski definition) is 1. The molecule has 2 rings (SSSR count). The van der Waals surface area contributed by atoms with Crippen molar-refractivity contribution in [2.45, 2.75) is 63.5 Å². The summed E-state index contributed by atoms with van der Waals surface area (Å²) >= 11 is 0. The molecule has 0 aromatic carbocycles. The Morgan fingerprint density at radius 3 is 2.44 bits per heavy atom. The Labute approximate surface area is 112 Å². The Hall–Kier alpha value is -0.120. The summed E-state index contributed by atoms with van der Waals surface area (Å²) in [4.78, 5) is 0. The molecule has 3 heteroatoms. The molecule has 0 bridgehead atoms. The van der Waals surface area contributed by atoms with Crippen LogP contribution in [0.5, 0.6) is 0 Å². The third-order valence-electron chi connectivity index (χ3n) is 4.77. The monoisotopic (exact) mass is 255 g/mol. The highest BCUT2D eigenvalue weighted by Gasteiger charge is 2.44. The van der Waals surface area contributed by atoms with E-state index in [1.165, 1.54) is 32.1 Å². The van der Waals surface area contributed by atoms with Crippen LogP contribution in [-0.2, 0) is 9.47 Å². The Balaban J connectivity index is 2.09. The van der Waals surface area contributed by atoms with E-state index in [1.54, 1.807) is 0 Å². The molecule has 1 unspecified atom stereocenters. The lowest BCUT2D eigenvalue weighted by molar-refractivity contribution is -0.137. The molecule has 1 aliphatic carbocycles. The van der Waals surface area contributed by atoms with Crippen molar-refractivity contribution in [2.75, 3.05) is 26.9 Å². The van der Waals surface area contributed by atoms with Crippen LogP contribution in [0.1, 0.15) is 51.9 Å². The smallest absolute Gasteiger partial charge is 0.0880 e. The first-order chi connectivity index (χ1) is 8.82. The van der Waals surface area contributed by atoms with Crippen molar-refractivity contribution in [1.82, 2.24) is 5.32 Å². The average Bonchev–Trinajstić information content (AvgIpc) is 2.42. The predicted octanol–water partition coefficient (Wildman–Crippen LogP) is 2.74. The van der Waals surface area contributed by atoms with E-state index in [2.05, 4.69) is 19.3 Å². The molecule has 1 saturated heterocycles. The minimum absolute atomic E-state index is 0.0176. The van der Waals surface area contributed by atoms with Crippen molar-refractivity contribution in [3.05, 3.63) is 0 Å². The van der Waals surface area contributed by atoms with E-state index < -0.39 is 0 Å². The van der Waals surface area contributed by atoms with Gasteiger partial charge in [-0.25, -0.2) is 0 Å². The standard InChI is InChI=1S/C15H29NO2/c1-3-18-15(9-11-17-12-10-15)14(16-2)13-7-5-4-6-8-13/h13-14,16H,3-12H2,1-2H3. The molecule has 0 amide bonds. The minimum Gasteiger partial charge on any atom is -0.381 e. The molecule has 1 saturated carbocycles. The summed E-state index contributed by atoms with van der Waals surface area (Å²) in [5.74, 6) is 0.786. The van der Waals surface area contributed by atoms with Crippen molar-refractivity contribution in [3.63, 3.8) is 0 Å². The van der Waals surface area contributed by atoms with Crippen molar-refractivity contribution >= 4 is 0 Å². The maximum absolute atomic E-state index is 6.23. The minimum atomic E-state index is 0.0176.